The van der Waals surface area contributed by atoms with Crippen molar-refractivity contribution in [2.45, 2.75) is 31.8 Å². The summed E-state index contributed by atoms with van der Waals surface area (Å²) in [5, 5.41) is 11.8. The number of nitrogens with one attached hydrogen (secondary N) is 1. The van der Waals surface area contributed by atoms with Crippen LogP contribution in [0.25, 0.3) is 0 Å². The highest BCUT2D eigenvalue weighted by molar-refractivity contribution is 5.07. The van der Waals surface area contributed by atoms with Gasteiger partial charge in [0, 0.05) is 18.2 Å². The van der Waals surface area contributed by atoms with Gasteiger partial charge in [-0.2, -0.15) is 0 Å². The van der Waals surface area contributed by atoms with Crippen LogP contribution in [-0.4, -0.2) is 23.3 Å². The number of aliphatic hydroxyl groups excluding tert-OH is 1. The molecule has 1 fully saturated rings. The van der Waals surface area contributed by atoms with Crippen molar-refractivity contribution in [3.05, 3.63) is 0 Å². The van der Waals surface area contributed by atoms with Gasteiger partial charge in [0.25, 0.3) is 0 Å². The highest BCUT2D eigenvalue weighted by atomic mass is 16.3. The minimum Gasteiger partial charge on any atom is -0.396 e. The molecule has 0 amide bonds. The Bertz CT molecular complexity index is 94.5. The lowest BCUT2D eigenvalue weighted by Crippen LogP contribution is -2.12. The van der Waals surface area contributed by atoms with E-state index in [4.69, 9.17) is 5.11 Å². The zero-order valence-electron chi connectivity index (χ0n) is 5.44. The van der Waals surface area contributed by atoms with Crippen molar-refractivity contribution in [1.82, 2.24) is 5.32 Å². The van der Waals surface area contributed by atoms with E-state index in [-0.39, 0.29) is 5.54 Å². The van der Waals surface area contributed by atoms with Gasteiger partial charge in [0.2, 0.25) is 0 Å². The fraction of sp³-hybridized carbons (Fsp3) is 1.00. The maximum absolute atomic E-state index is 8.52. The predicted molar refractivity (Wildman–Crippen MR) is 32.7 cm³/mol. The number of hydrogen-bond donors (Lipinski definition) is 2. The molecule has 48 valence electrons. The van der Waals surface area contributed by atoms with Crippen LogP contribution in [0.1, 0.15) is 20.3 Å². The first-order chi connectivity index (χ1) is 3.69. The summed E-state index contributed by atoms with van der Waals surface area (Å²) in [6, 6.07) is 0.606. The summed E-state index contributed by atoms with van der Waals surface area (Å²) in [6.07, 6.45) is 0.883. The molecule has 1 aliphatic heterocycles. The summed E-state index contributed by atoms with van der Waals surface area (Å²) in [4.78, 5) is 0. The number of hydrogen-bond acceptors (Lipinski definition) is 2. The molecule has 1 rings (SSSR count). The second-order valence-corrected chi connectivity index (χ2v) is 2.76. The molecule has 2 nitrogen and oxygen atoms in total. The number of aliphatic hydroxyl groups is 1. The van der Waals surface area contributed by atoms with Gasteiger partial charge in [0.1, 0.15) is 0 Å². The van der Waals surface area contributed by atoms with Crippen molar-refractivity contribution >= 4 is 0 Å². The molecule has 8 heavy (non-hydrogen) atoms. The summed E-state index contributed by atoms with van der Waals surface area (Å²) in [6.45, 7) is 4.57. The first-order valence-corrected chi connectivity index (χ1v) is 3.07. The third-order valence-corrected chi connectivity index (χ3v) is 2.05. The van der Waals surface area contributed by atoms with Crippen LogP contribution in [-0.2, 0) is 0 Å². The topological polar surface area (TPSA) is 42.2 Å². The third kappa shape index (κ3) is 0.858. The lowest BCUT2D eigenvalue weighted by Gasteiger charge is -2.01. The molecule has 0 unspecified atom stereocenters. The molecule has 0 bridgehead atoms. The van der Waals surface area contributed by atoms with E-state index in [2.05, 4.69) is 19.2 Å². The van der Waals surface area contributed by atoms with Crippen LogP contribution in [0.3, 0.4) is 0 Å². The minimum absolute atomic E-state index is 0.259. The molecule has 0 saturated carbocycles. The predicted octanol–water partition coefficient (Wildman–Crippen LogP) is 0.119. The molecular weight excluding hydrogens is 102 g/mol. The fourth-order valence-electron chi connectivity index (χ4n) is 0.974. The monoisotopic (exact) mass is 115 g/mol. The van der Waals surface area contributed by atoms with Crippen LogP contribution in [0.5, 0.6) is 0 Å². The molecule has 0 aliphatic carbocycles. The van der Waals surface area contributed by atoms with Gasteiger partial charge in [0.05, 0.1) is 0 Å². The van der Waals surface area contributed by atoms with E-state index < -0.39 is 0 Å². The van der Waals surface area contributed by atoms with Gasteiger partial charge in [-0.25, -0.2) is 0 Å². The summed E-state index contributed by atoms with van der Waals surface area (Å²) in [5.41, 5.74) is 0.259. The maximum atomic E-state index is 8.52. The molecule has 2 atom stereocenters. The number of rotatable bonds is 2. The summed E-state index contributed by atoms with van der Waals surface area (Å²) >= 11 is 0. The Morgan fingerprint density at radius 1 is 1.75 bits per heavy atom. The largest absolute Gasteiger partial charge is 0.396 e. The van der Waals surface area contributed by atoms with E-state index in [0.717, 1.165) is 6.42 Å². The van der Waals surface area contributed by atoms with Crippen LogP contribution >= 0.6 is 0 Å². The van der Waals surface area contributed by atoms with E-state index in [1.807, 2.05) is 0 Å². The molecule has 2 N–H and O–H groups in total. The van der Waals surface area contributed by atoms with Crippen molar-refractivity contribution in [3.8, 4) is 0 Å². The van der Waals surface area contributed by atoms with Gasteiger partial charge in [-0.1, -0.05) is 0 Å². The summed E-state index contributed by atoms with van der Waals surface area (Å²) in [7, 11) is 0. The third-order valence-electron chi connectivity index (χ3n) is 2.05. The molecule has 0 aromatic heterocycles. The van der Waals surface area contributed by atoms with Crippen LogP contribution in [0.4, 0.5) is 0 Å². The van der Waals surface area contributed by atoms with Crippen LogP contribution < -0.4 is 5.32 Å². The van der Waals surface area contributed by atoms with Gasteiger partial charge in [-0.15, -0.1) is 0 Å². The molecule has 0 aromatic rings. The molecule has 1 heterocycles. The van der Waals surface area contributed by atoms with Crippen LogP contribution in [0.2, 0.25) is 0 Å². The fourth-order valence-corrected chi connectivity index (χ4v) is 0.974. The lowest BCUT2D eigenvalue weighted by atomic mass is 10.1. The summed E-state index contributed by atoms with van der Waals surface area (Å²) < 4.78 is 0. The zero-order valence-corrected chi connectivity index (χ0v) is 5.44. The second-order valence-electron chi connectivity index (χ2n) is 2.76. The van der Waals surface area contributed by atoms with Gasteiger partial charge in [-0.3, -0.25) is 0 Å². The van der Waals surface area contributed by atoms with Crippen molar-refractivity contribution in [1.29, 1.82) is 0 Å². The van der Waals surface area contributed by atoms with Crippen molar-refractivity contribution in [2.24, 2.45) is 0 Å². The molecule has 2 heteroatoms. The highest BCUT2D eigenvalue weighted by Gasteiger charge is 2.44. The van der Waals surface area contributed by atoms with Crippen LogP contribution in [0.15, 0.2) is 0 Å². The van der Waals surface area contributed by atoms with E-state index in [1.54, 1.807) is 0 Å². The normalized spacial score (nSPS) is 44.6. The molecule has 0 radical (unpaired) electrons. The van der Waals surface area contributed by atoms with E-state index >= 15 is 0 Å². The molecular formula is C6H13NO. The van der Waals surface area contributed by atoms with E-state index in [1.165, 1.54) is 0 Å². The van der Waals surface area contributed by atoms with E-state index in [9.17, 15) is 0 Å². The SMILES string of the molecule is C[C@H]1N[C@]1(C)CCO. The first-order valence-electron chi connectivity index (χ1n) is 3.07. The molecule has 0 spiro atoms. The highest BCUT2D eigenvalue weighted by Crippen LogP contribution is 2.28. The Labute approximate surface area is 49.9 Å². The van der Waals surface area contributed by atoms with Crippen molar-refractivity contribution < 1.29 is 5.11 Å². The lowest BCUT2D eigenvalue weighted by molar-refractivity contribution is 0.271. The van der Waals surface area contributed by atoms with Gasteiger partial charge >= 0.3 is 0 Å². The maximum Gasteiger partial charge on any atom is 0.0449 e. The second kappa shape index (κ2) is 1.71. The molecule has 0 aromatic carbocycles. The van der Waals surface area contributed by atoms with Crippen molar-refractivity contribution in [3.63, 3.8) is 0 Å². The Kier molecular flexibility index (Phi) is 1.29. The quantitative estimate of drug-likeness (QED) is 0.502. The smallest absolute Gasteiger partial charge is 0.0449 e. The molecule has 1 aliphatic rings. The Hall–Kier alpha value is -0.0800. The summed E-state index contributed by atoms with van der Waals surface area (Å²) in [5.74, 6) is 0. The Balaban J connectivity index is 2.25. The average Bonchev–Trinajstić information content (AvgIpc) is 2.16. The van der Waals surface area contributed by atoms with Crippen LogP contribution in [0, 0.1) is 0 Å². The standard InChI is InChI=1S/C6H13NO/c1-5-6(2,7-5)3-4-8/h5,7-8H,3-4H2,1-2H3/t5-,6-/m1/s1. The van der Waals surface area contributed by atoms with Gasteiger partial charge < -0.3 is 10.4 Å². The van der Waals surface area contributed by atoms with Gasteiger partial charge in [0.15, 0.2) is 0 Å². The van der Waals surface area contributed by atoms with Crippen molar-refractivity contribution in [2.75, 3.05) is 6.61 Å². The zero-order chi connectivity index (χ0) is 6.20. The Morgan fingerprint density at radius 3 is 2.38 bits per heavy atom. The van der Waals surface area contributed by atoms with E-state index in [0.29, 0.717) is 12.6 Å². The molecule has 1 saturated heterocycles. The Morgan fingerprint density at radius 2 is 2.25 bits per heavy atom. The first kappa shape index (κ1) is 6.05. The van der Waals surface area contributed by atoms with Gasteiger partial charge in [-0.05, 0) is 20.3 Å². The minimum atomic E-state index is 0.259. The average molecular weight is 115 g/mol.